The summed E-state index contributed by atoms with van der Waals surface area (Å²) in [7, 11) is 0. The Morgan fingerprint density at radius 1 is 0.435 bits per heavy atom. The van der Waals surface area contributed by atoms with Crippen LogP contribution in [-0.2, 0) is 0 Å². The Bertz CT molecular complexity index is 166. The van der Waals surface area contributed by atoms with Crippen LogP contribution in [0.2, 0.25) is 0 Å². The predicted octanol–water partition coefficient (Wildman–Crippen LogP) is 2.74. The fraction of sp³-hybridized carbons (Fsp3) is 1.00. The van der Waals surface area contributed by atoms with Crippen molar-refractivity contribution in [2.24, 2.45) is 0 Å². The Morgan fingerprint density at radius 2 is 0.652 bits per heavy atom. The van der Waals surface area contributed by atoms with E-state index in [1.807, 2.05) is 0 Å². The highest BCUT2D eigenvalue weighted by Crippen LogP contribution is 2.18. The van der Waals surface area contributed by atoms with Gasteiger partial charge in [0.2, 0.25) is 0 Å². The quantitative estimate of drug-likeness (QED) is 0.284. The van der Waals surface area contributed by atoms with Crippen molar-refractivity contribution in [2.45, 2.75) is 105 Å². The van der Waals surface area contributed by atoms with E-state index in [1.165, 1.54) is 108 Å². The number of hydrogen-bond donors (Lipinski definition) is 0. The minimum absolute atomic E-state index is 0. The molecular weight excluding hydrogens is 350 g/mol. The van der Waals surface area contributed by atoms with Gasteiger partial charge in [0, 0.05) is 0 Å². The van der Waals surface area contributed by atoms with E-state index in [4.69, 9.17) is 0 Å². The molecule has 2 nitrogen and oxygen atoms in total. The Kier molecular flexibility index (Phi) is 25.1. The zero-order chi connectivity index (χ0) is 15.8. The van der Waals surface area contributed by atoms with E-state index >= 15 is 0 Å². The second-order valence-corrected chi connectivity index (χ2v) is 7.06. The van der Waals surface area contributed by atoms with Crippen LogP contribution in [0.25, 0.3) is 0 Å². The van der Waals surface area contributed by atoms with Gasteiger partial charge in [-0.05, 0) is 51.4 Å². The molecule has 2 N–H and O–H groups in total. The van der Waals surface area contributed by atoms with Crippen LogP contribution in [0.1, 0.15) is 105 Å². The molecule has 0 amide bonds. The number of halogens is 1. The van der Waals surface area contributed by atoms with Gasteiger partial charge >= 0.3 is 0 Å². The van der Waals surface area contributed by atoms with Gasteiger partial charge < -0.3 is 26.9 Å². The first-order chi connectivity index (χ1) is 10.2. The monoisotopic (exact) mass is 395 g/mol. The van der Waals surface area contributed by atoms with Crippen LogP contribution >= 0.6 is 0 Å². The maximum Gasteiger partial charge on any atom is 0.0786 e. The highest BCUT2D eigenvalue weighted by atomic mass is 79.9. The van der Waals surface area contributed by atoms with Gasteiger partial charge in [0.25, 0.3) is 0 Å². The van der Waals surface area contributed by atoms with Crippen LogP contribution in [0.4, 0.5) is 0 Å². The molecular formula is C20H46BrNO. The molecule has 0 aliphatic carbocycles. The van der Waals surface area contributed by atoms with Gasteiger partial charge in [0.1, 0.15) is 0 Å². The summed E-state index contributed by atoms with van der Waals surface area (Å²) in [6, 6.07) is 0. The molecule has 0 aromatic carbocycles. The number of nitrogens with zero attached hydrogens (tertiary/aromatic N) is 1. The van der Waals surface area contributed by atoms with Crippen LogP contribution < -0.4 is 17.0 Å². The number of unbranched alkanes of at least 4 members (excludes halogenated alkanes) is 8. The first-order valence-electron chi connectivity index (χ1n) is 10.1. The first kappa shape index (κ1) is 28.2. The van der Waals surface area contributed by atoms with E-state index in [-0.39, 0.29) is 22.5 Å². The van der Waals surface area contributed by atoms with E-state index in [1.54, 1.807) is 0 Å². The predicted molar refractivity (Wildman–Crippen MR) is 101 cm³/mol. The lowest BCUT2D eigenvalue weighted by atomic mass is 10.1. The summed E-state index contributed by atoms with van der Waals surface area (Å²) in [5, 5.41) is 0. The van der Waals surface area contributed by atoms with Crippen LogP contribution in [0.15, 0.2) is 0 Å². The van der Waals surface area contributed by atoms with E-state index in [0.717, 1.165) is 0 Å². The van der Waals surface area contributed by atoms with Crippen molar-refractivity contribution in [3.05, 3.63) is 0 Å². The maximum atomic E-state index is 2.33. The lowest BCUT2D eigenvalue weighted by Crippen LogP contribution is -3.00. The van der Waals surface area contributed by atoms with E-state index in [0.29, 0.717) is 0 Å². The number of quaternary nitrogens is 1. The topological polar surface area (TPSA) is 31.5 Å². The van der Waals surface area contributed by atoms with Crippen molar-refractivity contribution in [3.63, 3.8) is 0 Å². The lowest BCUT2D eigenvalue weighted by Gasteiger charge is -2.39. The van der Waals surface area contributed by atoms with Gasteiger partial charge in [-0.3, -0.25) is 0 Å². The average Bonchev–Trinajstić information content (AvgIpc) is 2.48. The molecule has 0 rings (SSSR count). The largest absolute Gasteiger partial charge is 1.00 e. The fourth-order valence-electron chi connectivity index (χ4n) is 3.46. The van der Waals surface area contributed by atoms with Crippen molar-refractivity contribution < 1.29 is 26.9 Å². The molecule has 144 valence electrons. The molecule has 0 fully saturated rings. The molecule has 23 heavy (non-hydrogen) atoms. The van der Waals surface area contributed by atoms with Crippen LogP contribution in [0.5, 0.6) is 0 Å². The third-order valence-electron chi connectivity index (χ3n) is 4.94. The van der Waals surface area contributed by atoms with Crippen molar-refractivity contribution in [1.29, 1.82) is 0 Å². The van der Waals surface area contributed by atoms with Crippen molar-refractivity contribution >= 4 is 0 Å². The van der Waals surface area contributed by atoms with Crippen molar-refractivity contribution in [3.8, 4) is 0 Å². The minimum atomic E-state index is 0. The molecule has 0 aliphatic heterocycles. The molecule has 0 heterocycles. The second-order valence-electron chi connectivity index (χ2n) is 7.06. The number of hydrogen-bond acceptors (Lipinski definition) is 0. The van der Waals surface area contributed by atoms with Gasteiger partial charge in [-0.25, -0.2) is 0 Å². The average molecular weight is 396 g/mol. The molecule has 0 radical (unpaired) electrons. The van der Waals surface area contributed by atoms with Gasteiger partial charge in [-0.1, -0.05) is 53.4 Å². The van der Waals surface area contributed by atoms with Gasteiger partial charge in [0.05, 0.1) is 26.2 Å². The first-order valence-corrected chi connectivity index (χ1v) is 10.1. The van der Waals surface area contributed by atoms with E-state index in [2.05, 4.69) is 27.7 Å². The molecule has 0 spiro atoms. The Morgan fingerprint density at radius 3 is 0.826 bits per heavy atom. The molecule has 0 saturated carbocycles. The molecule has 0 aromatic heterocycles. The van der Waals surface area contributed by atoms with Crippen molar-refractivity contribution in [2.75, 3.05) is 26.2 Å². The van der Waals surface area contributed by atoms with Gasteiger partial charge in [0.15, 0.2) is 0 Å². The zero-order valence-electron chi connectivity index (χ0n) is 16.6. The highest BCUT2D eigenvalue weighted by molar-refractivity contribution is 4.51. The minimum Gasteiger partial charge on any atom is -1.00 e. The standard InChI is InChI=1S/C20H44N.BrH.H2O/c1-5-9-13-17-21(18-14-10-6-2,19-15-11-7-3)20-16-12-8-4;;/h5-20H2,1-4H3;1H;1H2/q+1;;/p-1. The van der Waals surface area contributed by atoms with Crippen molar-refractivity contribution in [1.82, 2.24) is 0 Å². The Hall–Kier alpha value is 0.400. The second kappa shape index (κ2) is 20.4. The third-order valence-corrected chi connectivity index (χ3v) is 4.94. The van der Waals surface area contributed by atoms with Gasteiger partial charge in [-0.2, -0.15) is 0 Å². The summed E-state index contributed by atoms with van der Waals surface area (Å²) in [5.74, 6) is 0. The molecule has 0 saturated heterocycles. The van der Waals surface area contributed by atoms with Crippen LogP contribution in [-0.4, -0.2) is 36.1 Å². The summed E-state index contributed by atoms with van der Waals surface area (Å²) in [6.07, 6.45) is 16.9. The molecule has 0 atom stereocenters. The molecule has 3 heteroatoms. The zero-order valence-corrected chi connectivity index (χ0v) is 18.2. The molecule has 0 aliphatic rings. The Balaban J connectivity index is -0.00000200. The summed E-state index contributed by atoms with van der Waals surface area (Å²) in [5.41, 5.74) is 0. The number of rotatable bonds is 16. The summed E-state index contributed by atoms with van der Waals surface area (Å²) >= 11 is 0. The highest BCUT2D eigenvalue weighted by Gasteiger charge is 2.25. The van der Waals surface area contributed by atoms with Gasteiger partial charge in [-0.15, -0.1) is 0 Å². The molecule has 0 bridgehead atoms. The SMILES string of the molecule is CCCCC[N+](CCCCC)(CCCCC)CCCCC.O.[Br-]. The summed E-state index contributed by atoms with van der Waals surface area (Å²) < 4.78 is 1.44. The van der Waals surface area contributed by atoms with E-state index < -0.39 is 0 Å². The fourth-order valence-corrected chi connectivity index (χ4v) is 3.46. The van der Waals surface area contributed by atoms with Crippen LogP contribution in [0.3, 0.4) is 0 Å². The van der Waals surface area contributed by atoms with E-state index in [9.17, 15) is 0 Å². The Labute approximate surface area is 158 Å². The van der Waals surface area contributed by atoms with Crippen LogP contribution in [0, 0.1) is 0 Å². The summed E-state index contributed by atoms with van der Waals surface area (Å²) in [6.45, 7) is 15.1. The normalized spacial score (nSPS) is 11.0. The molecule has 0 aromatic rings. The summed E-state index contributed by atoms with van der Waals surface area (Å²) in [4.78, 5) is 0. The smallest absolute Gasteiger partial charge is 0.0786 e. The lowest BCUT2D eigenvalue weighted by molar-refractivity contribution is -0.929. The third kappa shape index (κ3) is 15.7. The maximum absolute atomic E-state index is 2.33. The molecule has 0 unspecified atom stereocenters.